The van der Waals surface area contributed by atoms with Crippen molar-refractivity contribution in [3.8, 4) is 5.69 Å². The fourth-order valence-electron chi connectivity index (χ4n) is 9.49. The van der Waals surface area contributed by atoms with Gasteiger partial charge in [0.25, 0.3) is 0 Å². The number of aromatic nitrogens is 1. The Hall–Kier alpha value is -7.60. The van der Waals surface area contributed by atoms with Gasteiger partial charge in [-0.3, -0.25) is 0 Å². The summed E-state index contributed by atoms with van der Waals surface area (Å²) in [6, 6.07) is 83.8. The lowest BCUT2D eigenvalue weighted by Crippen LogP contribution is -2.58. The normalized spacial score (nSPS) is 12.9. The van der Waals surface area contributed by atoms with Crippen LogP contribution in [0.15, 0.2) is 231 Å². The molecule has 0 fully saturated rings. The fraction of sp³-hybridized carbons (Fsp3) is 0.0357. The standard InChI is InChI=1S/C56H44N4Si/c1-61(2)55-33-19-17-31-53(55)60(54-32-18-20-34-56(54)61)48-38-46(58(43-25-11-5-12-26-43)44-27-13-6-14-28-44)37-47(39-48)59-51-30-16-15-29-49(51)50-40-45(35-36-52(50)59)57(41-21-7-3-8-22-41)42-23-9-4-10-24-42/h3-40H,1-2H3. The van der Waals surface area contributed by atoms with Crippen LogP contribution < -0.4 is 25.1 Å². The van der Waals surface area contributed by atoms with Gasteiger partial charge in [0, 0.05) is 50.6 Å². The second-order valence-electron chi connectivity index (χ2n) is 16.3. The third-order valence-electron chi connectivity index (χ3n) is 12.3. The maximum absolute atomic E-state index is 2.51. The van der Waals surface area contributed by atoms with Crippen LogP contribution in [0, 0.1) is 0 Å². The van der Waals surface area contributed by atoms with E-state index in [0.29, 0.717) is 0 Å². The molecule has 0 saturated heterocycles. The van der Waals surface area contributed by atoms with Gasteiger partial charge in [-0.05, 0) is 114 Å². The monoisotopic (exact) mass is 800 g/mol. The molecule has 1 aliphatic rings. The highest BCUT2D eigenvalue weighted by Crippen LogP contribution is 2.45. The van der Waals surface area contributed by atoms with Crippen molar-refractivity contribution in [3.05, 3.63) is 231 Å². The average Bonchev–Trinajstić information content (AvgIpc) is 3.65. The van der Waals surface area contributed by atoms with Crippen LogP contribution in [0.1, 0.15) is 0 Å². The van der Waals surface area contributed by atoms with Gasteiger partial charge >= 0.3 is 0 Å². The van der Waals surface area contributed by atoms with Crippen LogP contribution >= 0.6 is 0 Å². The van der Waals surface area contributed by atoms with Crippen molar-refractivity contribution in [2.45, 2.75) is 13.1 Å². The first-order chi connectivity index (χ1) is 30.0. The minimum Gasteiger partial charge on any atom is -0.311 e. The van der Waals surface area contributed by atoms with Crippen molar-refractivity contribution in [2.24, 2.45) is 0 Å². The number of hydrogen-bond donors (Lipinski definition) is 0. The molecule has 5 heteroatoms. The van der Waals surface area contributed by atoms with Gasteiger partial charge < -0.3 is 19.3 Å². The number of rotatable bonds is 8. The molecule has 1 aliphatic heterocycles. The summed E-state index contributed by atoms with van der Waals surface area (Å²) in [5.41, 5.74) is 13.6. The summed E-state index contributed by atoms with van der Waals surface area (Å²) in [6.45, 7) is 4.97. The van der Waals surface area contributed by atoms with E-state index < -0.39 is 8.07 Å². The Bertz CT molecular complexity index is 3050. The van der Waals surface area contributed by atoms with E-state index in [4.69, 9.17) is 0 Å². The minimum absolute atomic E-state index is 1.07. The SMILES string of the molecule is C[Si]1(C)c2ccccc2N(c2cc(N(c3ccccc3)c3ccccc3)cc(-n3c4ccccc4c4cc(N(c5ccccc5)c5ccccc5)ccc43)c2)c2ccccc21. The Morgan fingerprint density at radius 2 is 0.754 bits per heavy atom. The topological polar surface area (TPSA) is 14.7 Å². The van der Waals surface area contributed by atoms with E-state index in [9.17, 15) is 0 Å². The molecule has 0 aliphatic carbocycles. The van der Waals surface area contributed by atoms with Crippen molar-refractivity contribution in [1.29, 1.82) is 0 Å². The molecule has 9 aromatic carbocycles. The fourth-order valence-corrected chi connectivity index (χ4v) is 12.5. The molecular formula is C56H44N4Si. The smallest absolute Gasteiger partial charge is 0.117 e. The molecule has 1 aromatic heterocycles. The predicted octanol–water partition coefficient (Wildman–Crippen LogP) is 14.3. The summed E-state index contributed by atoms with van der Waals surface area (Å²) in [4.78, 5) is 7.24. The van der Waals surface area contributed by atoms with E-state index in [2.05, 4.69) is 263 Å². The van der Waals surface area contributed by atoms with E-state index in [-0.39, 0.29) is 0 Å². The number of anilines is 9. The summed E-state index contributed by atoms with van der Waals surface area (Å²) >= 11 is 0. The highest BCUT2D eigenvalue weighted by Gasteiger charge is 2.38. The van der Waals surface area contributed by atoms with Crippen LogP contribution in [0.2, 0.25) is 13.1 Å². The summed E-state index contributed by atoms with van der Waals surface area (Å²) in [5.74, 6) is 0. The van der Waals surface area contributed by atoms with E-state index in [0.717, 1.165) is 56.5 Å². The van der Waals surface area contributed by atoms with Crippen LogP contribution in [0.3, 0.4) is 0 Å². The first-order valence-electron chi connectivity index (χ1n) is 21.0. The molecular weight excluding hydrogens is 757 g/mol. The predicted molar refractivity (Wildman–Crippen MR) is 262 cm³/mol. The summed E-state index contributed by atoms with van der Waals surface area (Å²) in [6.07, 6.45) is 0. The van der Waals surface area contributed by atoms with Crippen molar-refractivity contribution in [1.82, 2.24) is 4.57 Å². The molecule has 61 heavy (non-hydrogen) atoms. The van der Waals surface area contributed by atoms with Gasteiger partial charge in [0.1, 0.15) is 8.07 Å². The molecule has 2 heterocycles. The Balaban J connectivity index is 1.19. The van der Waals surface area contributed by atoms with Gasteiger partial charge in [-0.25, -0.2) is 0 Å². The number of nitrogens with zero attached hydrogens (tertiary/aromatic N) is 4. The molecule has 0 atom stereocenters. The zero-order valence-electron chi connectivity index (χ0n) is 34.2. The zero-order valence-corrected chi connectivity index (χ0v) is 35.2. The van der Waals surface area contributed by atoms with Crippen LogP contribution in [0.25, 0.3) is 27.5 Å². The Morgan fingerprint density at radius 1 is 0.328 bits per heavy atom. The number of para-hydroxylation sites is 7. The van der Waals surface area contributed by atoms with Gasteiger partial charge in [0.05, 0.1) is 28.1 Å². The molecule has 0 spiro atoms. The molecule has 0 radical (unpaired) electrons. The van der Waals surface area contributed by atoms with E-state index in [1.807, 2.05) is 0 Å². The van der Waals surface area contributed by atoms with E-state index in [1.54, 1.807) is 0 Å². The Labute approximate surface area is 358 Å². The molecule has 292 valence electrons. The summed E-state index contributed by atoms with van der Waals surface area (Å²) < 4.78 is 2.46. The van der Waals surface area contributed by atoms with Gasteiger partial charge in [0.15, 0.2) is 0 Å². The van der Waals surface area contributed by atoms with Crippen molar-refractivity contribution < 1.29 is 0 Å². The third-order valence-corrected chi connectivity index (χ3v) is 15.8. The van der Waals surface area contributed by atoms with Crippen molar-refractivity contribution in [3.63, 3.8) is 0 Å². The number of benzene rings is 9. The first-order valence-corrected chi connectivity index (χ1v) is 24.0. The highest BCUT2D eigenvalue weighted by atomic mass is 28.3. The van der Waals surface area contributed by atoms with Crippen molar-refractivity contribution in [2.75, 3.05) is 14.7 Å². The average molecular weight is 801 g/mol. The van der Waals surface area contributed by atoms with E-state index >= 15 is 0 Å². The van der Waals surface area contributed by atoms with E-state index in [1.165, 1.54) is 32.5 Å². The lowest BCUT2D eigenvalue weighted by atomic mass is 10.1. The Kier molecular flexibility index (Phi) is 8.91. The summed E-state index contributed by atoms with van der Waals surface area (Å²) in [5, 5.41) is 5.28. The quantitative estimate of drug-likeness (QED) is 0.142. The molecule has 0 N–H and O–H groups in total. The minimum atomic E-state index is -2.01. The largest absolute Gasteiger partial charge is 0.311 e. The van der Waals surface area contributed by atoms with Gasteiger partial charge in [0.2, 0.25) is 0 Å². The van der Waals surface area contributed by atoms with Gasteiger partial charge in [-0.15, -0.1) is 0 Å². The molecule has 0 unspecified atom stereocenters. The van der Waals surface area contributed by atoms with Crippen molar-refractivity contribution >= 4 is 91.4 Å². The van der Waals surface area contributed by atoms with Crippen LogP contribution in [0.5, 0.6) is 0 Å². The highest BCUT2D eigenvalue weighted by molar-refractivity contribution is 7.02. The maximum atomic E-state index is 2.51. The van der Waals surface area contributed by atoms with Crippen LogP contribution in [-0.4, -0.2) is 12.6 Å². The molecule has 0 amide bonds. The zero-order chi connectivity index (χ0) is 40.9. The maximum Gasteiger partial charge on any atom is 0.117 e. The number of hydrogen-bond acceptors (Lipinski definition) is 3. The van der Waals surface area contributed by atoms with Crippen LogP contribution in [-0.2, 0) is 0 Å². The molecule has 11 rings (SSSR count). The molecule has 4 nitrogen and oxygen atoms in total. The van der Waals surface area contributed by atoms with Gasteiger partial charge in [-0.2, -0.15) is 0 Å². The second kappa shape index (κ2) is 14.9. The van der Waals surface area contributed by atoms with Gasteiger partial charge in [-0.1, -0.05) is 140 Å². The molecule has 0 bridgehead atoms. The third kappa shape index (κ3) is 6.21. The number of fused-ring (bicyclic) bond motifs is 5. The molecule has 10 aromatic rings. The lowest BCUT2D eigenvalue weighted by Gasteiger charge is -2.41. The molecule has 0 saturated carbocycles. The van der Waals surface area contributed by atoms with Crippen LogP contribution in [0.4, 0.5) is 51.2 Å². The summed E-state index contributed by atoms with van der Waals surface area (Å²) in [7, 11) is -2.01. The lowest BCUT2D eigenvalue weighted by molar-refractivity contribution is 1.16. The Morgan fingerprint density at radius 3 is 1.30 bits per heavy atom. The first kappa shape index (κ1) is 36.5. The second-order valence-corrected chi connectivity index (χ2v) is 20.6.